The number of nitrogens with zero attached hydrogens (tertiary/aromatic N) is 5. The Balaban J connectivity index is 2.15. The second-order valence-electron chi connectivity index (χ2n) is 7.31. The Morgan fingerprint density at radius 3 is 2.63 bits per heavy atom. The van der Waals surface area contributed by atoms with Crippen LogP contribution >= 0.6 is 11.6 Å². The summed E-state index contributed by atoms with van der Waals surface area (Å²) in [5.41, 5.74) is 0.633. The van der Waals surface area contributed by atoms with Crippen LogP contribution in [0.2, 0.25) is 5.15 Å². The Kier molecular flexibility index (Phi) is 4.85. The number of pyridine rings is 1. The van der Waals surface area contributed by atoms with Crippen molar-refractivity contribution in [2.45, 2.75) is 38.5 Å². The van der Waals surface area contributed by atoms with E-state index in [4.69, 9.17) is 21.1 Å². The van der Waals surface area contributed by atoms with Gasteiger partial charge in [-0.15, -0.1) is 0 Å². The summed E-state index contributed by atoms with van der Waals surface area (Å²) in [6.07, 6.45) is 0.153. The zero-order valence-electron chi connectivity index (χ0n) is 15.9. The Morgan fingerprint density at radius 1 is 1.37 bits per heavy atom. The van der Waals surface area contributed by atoms with Crippen LogP contribution in [-0.2, 0) is 16.5 Å². The van der Waals surface area contributed by atoms with Crippen LogP contribution in [0.15, 0.2) is 6.20 Å². The van der Waals surface area contributed by atoms with Crippen molar-refractivity contribution >= 4 is 17.7 Å². The number of hydrogen-bond acceptors (Lipinski definition) is 6. The third-order valence-corrected chi connectivity index (χ3v) is 4.47. The van der Waals surface area contributed by atoms with Crippen molar-refractivity contribution in [3.63, 3.8) is 0 Å². The lowest BCUT2D eigenvalue weighted by atomic mass is 9.86. The number of aromatic nitrogens is 4. The van der Waals surface area contributed by atoms with E-state index in [0.29, 0.717) is 17.0 Å². The van der Waals surface area contributed by atoms with Crippen molar-refractivity contribution in [1.29, 1.82) is 0 Å². The van der Waals surface area contributed by atoms with Crippen molar-refractivity contribution < 1.29 is 18.7 Å². The second-order valence-corrected chi connectivity index (χ2v) is 7.67. The molecule has 8 nitrogen and oxygen atoms in total. The van der Waals surface area contributed by atoms with Crippen LogP contribution in [0.3, 0.4) is 0 Å². The highest BCUT2D eigenvalue weighted by molar-refractivity contribution is 6.29. The molecule has 0 aromatic carbocycles. The summed E-state index contributed by atoms with van der Waals surface area (Å²) in [7, 11) is 4.66. The van der Waals surface area contributed by atoms with Gasteiger partial charge >= 0.3 is 6.09 Å². The van der Waals surface area contributed by atoms with Gasteiger partial charge < -0.3 is 9.47 Å². The molecule has 1 aliphatic carbocycles. The third-order valence-electron chi connectivity index (χ3n) is 4.21. The molecule has 2 aromatic heterocycles. The van der Waals surface area contributed by atoms with Crippen molar-refractivity contribution in [3.8, 4) is 11.3 Å². The van der Waals surface area contributed by atoms with E-state index in [-0.39, 0.29) is 10.7 Å². The van der Waals surface area contributed by atoms with Gasteiger partial charge in [-0.2, -0.15) is 15.0 Å². The minimum Gasteiger partial charge on any atom is -0.444 e. The smallest absolute Gasteiger partial charge is 0.410 e. The monoisotopic (exact) mass is 397 g/mol. The Morgan fingerprint density at radius 2 is 2.04 bits per heavy atom. The first kappa shape index (κ1) is 19.5. The van der Waals surface area contributed by atoms with E-state index in [1.165, 1.54) is 23.0 Å². The summed E-state index contributed by atoms with van der Waals surface area (Å²) in [5, 5.41) is 8.36. The zero-order chi connectivity index (χ0) is 20.1. The van der Waals surface area contributed by atoms with Gasteiger partial charge in [-0.1, -0.05) is 11.6 Å². The molecule has 146 valence electrons. The summed E-state index contributed by atoms with van der Waals surface area (Å²) >= 11 is 5.87. The highest BCUT2D eigenvalue weighted by Gasteiger charge is 2.44. The number of ether oxygens (including phenoxy) is 2. The number of halogens is 2. The summed E-state index contributed by atoms with van der Waals surface area (Å²) in [5.74, 6) is -0.698. The van der Waals surface area contributed by atoms with E-state index in [2.05, 4.69) is 15.2 Å². The van der Waals surface area contributed by atoms with Gasteiger partial charge in [0.2, 0.25) is 0 Å². The molecule has 1 aliphatic rings. The molecule has 0 saturated heterocycles. The van der Waals surface area contributed by atoms with Crippen LogP contribution in [0.4, 0.5) is 9.18 Å². The maximum atomic E-state index is 14.8. The second kappa shape index (κ2) is 6.72. The summed E-state index contributed by atoms with van der Waals surface area (Å²) in [6, 6.07) is -0.677. The first-order chi connectivity index (χ1) is 12.5. The van der Waals surface area contributed by atoms with Gasteiger partial charge in [-0.05, 0) is 20.8 Å². The van der Waals surface area contributed by atoms with E-state index in [9.17, 15) is 9.18 Å². The molecule has 2 atom stereocenters. The van der Waals surface area contributed by atoms with Crippen LogP contribution in [0.5, 0.6) is 0 Å². The quantitative estimate of drug-likeness (QED) is 0.723. The van der Waals surface area contributed by atoms with Gasteiger partial charge in [0.25, 0.3) is 0 Å². The van der Waals surface area contributed by atoms with Crippen molar-refractivity contribution in [2.75, 3.05) is 14.2 Å². The molecule has 2 aromatic rings. The zero-order valence-corrected chi connectivity index (χ0v) is 16.7. The molecule has 27 heavy (non-hydrogen) atoms. The molecule has 2 heterocycles. The van der Waals surface area contributed by atoms with E-state index in [1.807, 2.05) is 0 Å². The molecule has 0 radical (unpaired) electrons. The topological polar surface area (TPSA) is 82.4 Å². The molecule has 0 fully saturated rings. The third kappa shape index (κ3) is 3.37. The number of aryl methyl sites for hydroxylation is 1. The Bertz CT molecular complexity index is 895. The van der Waals surface area contributed by atoms with Crippen molar-refractivity contribution in [3.05, 3.63) is 28.4 Å². The first-order valence-electron chi connectivity index (χ1n) is 8.29. The molecular weight excluding hydrogens is 377 g/mol. The normalized spacial score (nSPS) is 18.7. The SMILES string of the molecule is COC1c2cnc(Cl)c(F)c2-c2nn(C)nc2C1N(C)C(=O)OC(C)(C)C. The van der Waals surface area contributed by atoms with Gasteiger partial charge in [0, 0.05) is 33.0 Å². The standard InChI is InChI=1S/C17H21ClFN5O3/c1-17(2,3)27-16(25)23(4)13-12-11(21-24(5)22-12)9-8(14(13)26-6)7-20-15(18)10(9)19/h7,13-14H,1-6H3. The van der Waals surface area contributed by atoms with Gasteiger partial charge in [0.15, 0.2) is 11.0 Å². The maximum absolute atomic E-state index is 14.8. The fourth-order valence-corrected chi connectivity index (χ4v) is 3.28. The maximum Gasteiger partial charge on any atom is 0.410 e. The summed E-state index contributed by atoms with van der Waals surface area (Å²) in [4.78, 5) is 19.2. The molecule has 0 saturated carbocycles. The number of amides is 1. The first-order valence-corrected chi connectivity index (χ1v) is 8.67. The lowest BCUT2D eigenvalue weighted by Gasteiger charge is -2.37. The minimum atomic E-state index is -0.721. The van der Waals surface area contributed by atoms with Crippen LogP contribution < -0.4 is 0 Å². The lowest BCUT2D eigenvalue weighted by molar-refractivity contribution is -0.0131. The number of fused-ring (bicyclic) bond motifs is 3. The van der Waals surface area contributed by atoms with E-state index in [0.717, 1.165) is 0 Å². The number of rotatable bonds is 2. The summed E-state index contributed by atoms with van der Waals surface area (Å²) < 4.78 is 25.8. The fourth-order valence-electron chi connectivity index (χ4n) is 3.14. The molecule has 0 N–H and O–H groups in total. The highest BCUT2D eigenvalue weighted by atomic mass is 35.5. The lowest BCUT2D eigenvalue weighted by Crippen LogP contribution is -2.40. The van der Waals surface area contributed by atoms with Crippen molar-refractivity contribution in [2.24, 2.45) is 7.05 Å². The van der Waals surface area contributed by atoms with E-state index in [1.54, 1.807) is 34.9 Å². The van der Waals surface area contributed by atoms with Crippen molar-refractivity contribution in [1.82, 2.24) is 24.9 Å². The average molecular weight is 398 g/mol. The molecule has 0 aliphatic heterocycles. The average Bonchev–Trinajstić information content (AvgIpc) is 2.95. The highest BCUT2D eigenvalue weighted by Crippen LogP contribution is 2.48. The van der Waals surface area contributed by atoms with Gasteiger partial charge in [-0.3, -0.25) is 4.90 Å². The number of carbonyl (C=O) groups is 1. The molecular formula is C17H21ClFN5O3. The summed E-state index contributed by atoms with van der Waals surface area (Å²) in [6.45, 7) is 5.33. The number of hydrogen-bond donors (Lipinski definition) is 0. The van der Waals surface area contributed by atoms with Crippen LogP contribution in [0, 0.1) is 5.82 Å². The molecule has 0 spiro atoms. The molecule has 2 unspecified atom stereocenters. The number of methoxy groups -OCH3 is 1. The van der Waals surface area contributed by atoms with E-state index >= 15 is 0 Å². The van der Waals surface area contributed by atoms with Crippen LogP contribution in [0.1, 0.15) is 44.2 Å². The Hall–Kier alpha value is -2.26. The Labute approximate surface area is 161 Å². The molecule has 1 amide bonds. The van der Waals surface area contributed by atoms with Gasteiger partial charge in [0.1, 0.15) is 29.1 Å². The minimum absolute atomic E-state index is 0.179. The van der Waals surface area contributed by atoms with Gasteiger partial charge in [0.05, 0.1) is 5.56 Å². The van der Waals surface area contributed by atoms with Crippen LogP contribution in [-0.4, -0.2) is 50.7 Å². The predicted molar refractivity (Wildman–Crippen MR) is 95.7 cm³/mol. The number of carbonyl (C=O) groups excluding carboxylic acids is 1. The number of likely N-dealkylation sites (N-methyl/N-ethyl adjacent to an activating group) is 1. The molecule has 3 rings (SSSR count). The largest absolute Gasteiger partial charge is 0.444 e. The molecule has 0 bridgehead atoms. The predicted octanol–water partition coefficient (Wildman–Crippen LogP) is 3.28. The molecule has 10 heteroatoms. The fraction of sp³-hybridized carbons (Fsp3) is 0.529. The van der Waals surface area contributed by atoms with Gasteiger partial charge in [-0.25, -0.2) is 14.2 Å². The van der Waals surface area contributed by atoms with E-state index < -0.39 is 29.7 Å². The van der Waals surface area contributed by atoms with Crippen LogP contribution in [0.25, 0.3) is 11.3 Å².